The van der Waals surface area contributed by atoms with Crippen LogP contribution < -0.4 is 4.90 Å². The molecule has 2 aromatic rings. The third kappa shape index (κ3) is 3.60. The Balaban J connectivity index is 0.00000176. The van der Waals surface area contributed by atoms with Gasteiger partial charge in [0.1, 0.15) is 0 Å². The van der Waals surface area contributed by atoms with E-state index in [2.05, 4.69) is 36.1 Å². The zero-order valence-electron chi connectivity index (χ0n) is 12.7. The summed E-state index contributed by atoms with van der Waals surface area (Å²) in [6, 6.07) is 18.1. The van der Waals surface area contributed by atoms with Crippen LogP contribution in [0.4, 0.5) is 5.69 Å². The number of piperazine rings is 1. The highest BCUT2D eigenvalue weighted by Gasteiger charge is 2.22. The SMILES string of the molecule is Cc1cccc(N2CCN(C(=O)c3ccccc3)CC2)c1.Cl. The number of carbonyl (C=O) groups excluding carboxylic acids is 1. The van der Waals surface area contributed by atoms with E-state index >= 15 is 0 Å². The number of hydrogen-bond acceptors (Lipinski definition) is 2. The number of anilines is 1. The van der Waals surface area contributed by atoms with Gasteiger partial charge in [-0.2, -0.15) is 0 Å². The Morgan fingerprint density at radius 2 is 1.59 bits per heavy atom. The number of benzene rings is 2. The topological polar surface area (TPSA) is 23.6 Å². The van der Waals surface area contributed by atoms with Crippen molar-refractivity contribution >= 4 is 24.0 Å². The first kappa shape index (κ1) is 16.4. The Hall–Kier alpha value is -2.00. The second kappa shape index (κ2) is 7.32. The standard InChI is InChI=1S/C18H20N2O.ClH/c1-15-6-5-9-17(14-15)19-10-12-20(13-11-19)18(21)16-7-3-2-4-8-16;/h2-9,14H,10-13H2,1H3;1H. The van der Waals surface area contributed by atoms with E-state index in [0.717, 1.165) is 31.7 Å². The smallest absolute Gasteiger partial charge is 0.253 e. The molecule has 1 aliphatic rings. The lowest BCUT2D eigenvalue weighted by atomic mass is 10.1. The molecule has 3 nitrogen and oxygen atoms in total. The number of hydrogen-bond donors (Lipinski definition) is 0. The number of carbonyl (C=O) groups is 1. The first-order valence-corrected chi connectivity index (χ1v) is 7.40. The summed E-state index contributed by atoms with van der Waals surface area (Å²) in [6.07, 6.45) is 0. The number of amides is 1. The maximum absolute atomic E-state index is 12.4. The zero-order chi connectivity index (χ0) is 14.7. The second-order valence-electron chi connectivity index (χ2n) is 5.48. The molecule has 0 atom stereocenters. The lowest BCUT2D eigenvalue weighted by Crippen LogP contribution is -2.48. The van der Waals surface area contributed by atoms with Gasteiger partial charge in [0.25, 0.3) is 5.91 Å². The molecule has 116 valence electrons. The van der Waals surface area contributed by atoms with Crippen LogP contribution in [0.1, 0.15) is 15.9 Å². The lowest BCUT2D eigenvalue weighted by Gasteiger charge is -2.36. The minimum atomic E-state index is 0. The van der Waals surface area contributed by atoms with Crippen LogP contribution >= 0.6 is 12.4 Å². The van der Waals surface area contributed by atoms with Crippen LogP contribution in [0.15, 0.2) is 54.6 Å². The molecule has 22 heavy (non-hydrogen) atoms. The van der Waals surface area contributed by atoms with Crippen LogP contribution in [0, 0.1) is 6.92 Å². The van der Waals surface area contributed by atoms with E-state index in [1.807, 2.05) is 35.2 Å². The molecule has 1 heterocycles. The van der Waals surface area contributed by atoms with Crippen molar-refractivity contribution in [3.63, 3.8) is 0 Å². The highest BCUT2D eigenvalue weighted by molar-refractivity contribution is 5.94. The van der Waals surface area contributed by atoms with E-state index in [0.29, 0.717) is 0 Å². The molecule has 1 amide bonds. The fourth-order valence-electron chi connectivity index (χ4n) is 2.76. The molecule has 0 spiro atoms. The molecule has 1 aliphatic heterocycles. The summed E-state index contributed by atoms with van der Waals surface area (Å²) in [6.45, 7) is 5.45. The van der Waals surface area contributed by atoms with Crippen LogP contribution in [0.3, 0.4) is 0 Å². The summed E-state index contributed by atoms with van der Waals surface area (Å²) in [5.41, 5.74) is 3.30. The van der Waals surface area contributed by atoms with E-state index in [1.165, 1.54) is 11.3 Å². The Morgan fingerprint density at radius 1 is 0.909 bits per heavy atom. The van der Waals surface area contributed by atoms with E-state index in [-0.39, 0.29) is 18.3 Å². The average Bonchev–Trinajstić information content (AvgIpc) is 2.55. The number of rotatable bonds is 2. The third-order valence-corrected chi connectivity index (χ3v) is 3.95. The molecule has 0 aliphatic carbocycles. The first-order chi connectivity index (χ1) is 10.2. The molecule has 0 bridgehead atoms. The Kier molecular flexibility index (Phi) is 5.45. The molecule has 1 saturated heterocycles. The van der Waals surface area contributed by atoms with Gasteiger partial charge < -0.3 is 9.80 Å². The summed E-state index contributed by atoms with van der Waals surface area (Å²) in [7, 11) is 0. The summed E-state index contributed by atoms with van der Waals surface area (Å²) in [4.78, 5) is 16.7. The maximum atomic E-state index is 12.4. The molecular weight excluding hydrogens is 296 g/mol. The molecular formula is C18H21ClN2O. The fourth-order valence-corrected chi connectivity index (χ4v) is 2.76. The van der Waals surface area contributed by atoms with E-state index in [4.69, 9.17) is 0 Å². The minimum Gasteiger partial charge on any atom is -0.368 e. The predicted octanol–water partition coefficient (Wildman–Crippen LogP) is 3.38. The molecule has 0 unspecified atom stereocenters. The van der Waals surface area contributed by atoms with Gasteiger partial charge in [-0.25, -0.2) is 0 Å². The van der Waals surface area contributed by atoms with Crippen molar-refractivity contribution in [2.45, 2.75) is 6.92 Å². The van der Waals surface area contributed by atoms with Gasteiger partial charge in [0.2, 0.25) is 0 Å². The lowest BCUT2D eigenvalue weighted by molar-refractivity contribution is 0.0747. The first-order valence-electron chi connectivity index (χ1n) is 7.40. The molecule has 1 fully saturated rings. The highest BCUT2D eigenvalue weighted by atomic mass is 35.5. The number of nitrogens with zero attached hydrogens (tertiary/aromatic N) is 2. The molecule has 0 saturated carbocycles. The van der Waals surface area contributed by atoms with Gasteiger partial charge in [0.05, 0.1) is 0 Å². The van der Waals surface area contributed by atoms with Gasteiger partial charge in [-0.15, -0.1) is 12.4 Å². The van der Waals surface area contributed by atoms with Gasteiger partial charge in [-0.1, -0.05) is 30.3 Å². The molecule has 3 rings (SSSR count). The van der Waals surface area contributed by atoms with Gasteiger partial charge >= 0.3 is 0 Å². The number of halogens is 1. The predicted molar refractivity (Wildman–Crippen MR) is 93.0 cm³/mol. The summed E-state index contributed by atoms with van der Waals surface area (Å²) >= 11 is 0. The molecule has 0 radical (unpaired) electrons. The average molecular weight is 317 g/mol. The van der Waals surface area contributed by atoms with Crippen molar-refractivity contribution in [1.29, 1.82) is 0 Å². The van der Waals surface area contributed by atoms with Gasteiger partial charge in [0, 0.05) is 37.4 Å². The highest BCUT2D eigenvalue weighted by Crippen LogP contribution is 2.18. The largest absolute Gasteiger partial charge is 0.368 e. The summed E-state index contributed by atoms with van der Waals surface area (Å²) in [5.74, 6) is 0.138. The molecule has 2 aromatic carbocycles. The van der Waals surface area contributed by atoms with Crippen molar-refractivity contribution in [3.05, 3.63) is 65.7 Å². The Bertz CT molecular complexity index is 622. The molecule has 0 N–H and O–H groups in total. The van der Waals surface area contributed by atoms with Crippen LogP contribution in [0.2, 0.25) is 0 Å². The van der Waals surface area contributed by atoms with E-state index in [9.17, 15) is 4.79 Å². The van der Waals surface area contributed by atoms with Crippen molar-refractivity contribution in [2.24, 2.45) is 0 Å². The van der Waals surface area contributed by atoms with Gasteiger partial charge in [-0.3, -0.25) is 4.79 Å². The van der Waals surface area contributed by atoms with Crippen molar-refractivity contribution in [1.82, 2.24) is 4.90 Å². The van der Waals surface area contributed by atoms with Crippen molar-refractivity contribution in [3.8, 4) is 0 Å². The van der Waals surface area contributed by atoms with Crippen LogP contribution in [-0.2, 0) is 0 Å². The fraction of sp³-hybridized carbons (Fsp3) is 0.278. The normalized spacial score (nSPS) is 14.4. The zero-order valence-corrected chi connectivity index (χ0v) is 13.6. The molecule has 0 aromatic heterocycles. The summed E-state index contributed by atoms with van der Waals surface area (Å²) < 4.78 is 0. The monoisotopic (exact) mass is 316 g/mol. The Morgan fingerprint density at radius 3 is 2.23 bits per heavy atom. The Labute approximate surface area is 138 Å². The molecule has 4 heteroatoms. The van der Waals surface area contributed by atoms with E-state index in [1.54, 1.807) is 0 Å². The van der Waals surface area contributed by atoms with Crippen LogP contribution in [0.25, 0.3) is 0 Å². The van der Waals surface area contributed by atoms with Crippen molar-refractivity contribution in [2.75, 3.05) is 31.1 Å². The van der Waals surface area contributed by atoms with Gasteiger partial charge in [0.15, 0.2) is 0 Å². The van der Waals surface area contributed by atoms with Gasteiger partial charge in [-0.05, 0) is 36.8 Å². The second-order valence-corrected chi connectivity index (χ2v) is 5.48. The van der Waals surface area contributed by atoms with Crippen LogP contribution in [-0.4, -0.2) is 37.0 Å². The van der Waals surface area contributed by atoms with Crippen molar-refractivity contribution < 1.29 is 4.79 Å². The number of aryl methyl sites for hydroxylation is 1. The minimum absolute atomic E-state index is 0. The van der Waals surface area contributed by atoms with E-state index < -0.39 is 0 Å². The summed E-state index contributed by atoms with van der Waals surface area (Å²) in [5, 5.41) is 0. The third-order valence-electron chi connectivity index (χ3n) is 3.95. The van der Waals surface area contributed by atoms with Crippen LogP contribution in [0.5, 0.6) is 0 Å². The quantitative estimate of drug-likeness (QED) is 0.848. The maximum Gasteiger partial charge on any atom is 0.253 e.